The summed E-state index contributed by atoms with van der Waals surface area (Å²) in [5, 5.41) is 4.89. The highest BCUT2D eigenvalue weighted by molar-refractivity contribution is 6.30. The van der Waals surface area contributed by atoms with Crippen LogP contribution in [0.1, 0.15) is 43.4 Å². The van der Waals surface area contributed by atoms with E-state index in [1.807, 2.05) is 12.4 Å². The first kappa shape index (κ1) is 22.7. The molecule has 3 aliphatic heterocycles. The third kappa shape index (κ3) is 4.75. The normalized spacial score (nSPS) is 23.4. The Balaban J connectivity index is 1.40. The fourth-order valence-electron chi connectivity index (χ4n) is 4.74. The number of hydrogen-bond acceptors (Lipinski definition) is 6. The molecule has 0 aromatic heterocycles. The summed E-state index contributed by atoms with van der Waals surface area (Å²) in [6.45, 7) is 4.64. The highest BCUT2D eigenvalue weighted by Crippen LogP contribution is 2.34. The Morgan fingerprint density at radius 1 is 1.21 bits per heavy atom. The Hall–Kier alpha value is -3.06. The zero-order chi connectivity index (χ0) is 23.7. The first-order valence-corrected chi connectivity index (χ1v) is 12.0. The molecule has 0 amide bonds. The summed E-state index contributed by atoms with van der Waals surface area (Å²) in [6, 6.07) is 11.0. The van der Waals surface area contributed by atoms with Crippen molar-refractivity contribution in [3.05, 3.63) is 63.9 Å². The smallest absolute Gasteiger partial charge is 0.171 e. The Morgan fingerprint density at radius 2 is 2.09 bits per heavy atom. The van der Waals surface area contributed by atoms with Crippen LogP contribution in [0, 0.1) is 5.82 Å². The van der Waals surface area contributed by atoms with Crippen LogP contribution in [0.15, 0.2) is 52.1 Å². The molecule has 0 N–H and O–H groups in total. The van der Waals surface area contributed by atoms with Crippen molar-refractivity contribution in [1.29, 1.82) is 0 Å². The number of methoxy groups -OCH3 is 1. The molecule has 1 unspecified atom stereocenters. The maximum absolute atomic E-state index is 13.9. The molecule has 3 heterocycles. The SMILES string of the molecule is COc1cc(/C=C2\CCCN3CC[C@H](c4cc(F)cc(Cl)c4)ON=C23)ccc1N1C=NC(C)C1. The van der Waals surface area contributed by atoms with E-state index in [2.05, 4.69) is 45.1 Å². The van der Waals surface area contributed by atoms with Crippen LogP contribution >= 0.6 is 11.6 Å². The average molecular weight is 483 g/mol. The van der Waals surface area contributed by atoms with Gasteiger partial charge >= 0.3 is 0 Å². The molecule has 1 fully saturated rings. The van der Waals surface area contributed by atoms with Crippen molar-refractivity contribution >= 4 is 35.5 Å². The fourth-order valence-corrected chi connectivity index (χ4v) is 4.97. The van der Waals surface area contributed by atoms with E-state index < -0.39 is 0 Å². The molecule has 0 bridgehead atoms. The minimum absolute atomic E-state index is 0.278. The van der Waals surface area contributed by atoms with E-state index in [4.69, 9.17) is 21.2 Å². The second-order valence-electron chi connectivity index (χ2n) is 8.96. The van der Waals surface area contributed by atoms with E-state index in [1.165, 1.54) is 12.1 Å². The van der Waals surface area contributed by atoms with E-state index >= 15 is 0 Å². The van der Waals surface area contributed by atoms with Crippen LogP contribution < -0.4 is 9.64 Å². The summed E-state index contributed by atoms with van der Waals surface area (Å²) in [4.78, 5) is 14.7. The van der Waals surface area contributed by atoms with Crippen LogP contribution in [-0.2, 0) is 4.84 Å². The number of nitrogens with zero attached hydrogens (tertiary/aromatic N) is 4. The van der Waals surface area contributed by atoms with Crippen LogP contribution in [0.25, 0.3) is 6.08 Å². The average Bonchev–Trinajstić information content (AvgIpc) is 3.12. The number of rotatable bonds is 4. The van der Waals surface area contributed by atoms with Gasteiger partial charge in [0.1, 0.15) is 11.6 Å². The molecule has 8 heteroatoms. The van der Waals surface area contributed by atoms with Crippen LogP contribution in [-0.4, -0.2) is 49.9 Å². The van der Waals surface area contributed by atoms with Crippen molar-refractivity contribution in [3.8, 4) is 5.75 Å². The quantitative estimate of drug-likeness (QED) is 0.562. The van der Waals surface area contributed by atoms with Crippen molar-refractivity contribution in [3.63, 3.8) is 0 Å². The van der Waals surface area contributed by atoms with Crippen molar-refractivity contribution in [2.45, 2.75) is 38.3 Å². The first-order valence-electron chi connectivity index (χ1n) is 11.6. The lowest BCUT2D eigenvalue weighted by Crippen LogP contribution is -2.37. The number of fused-ring (bicyclic) bond motifs is 1. The van der Waals surface area contributed by atoms with Crippen LogP contribution in [0.2, 0.25) is 5.02 Å². The zero-order valence-electron chi connectivity index (χ0n) is 19.4. The van der Waals surface area contributed by atoms with Gasteiger partial charge in [-0.05, 0) is 72.9 Å². The van der Waals surface area contributed by atoms with Gasteiger partial charge < -0.3 is 19.4 Å². The van der Waals surface area contributed by atoms with Gasteiger partial charge in [-0.3, -0.25) is 4.99 Å². The molecule has 34 heavy (non-hydrogen) atoms. The van der Waals surface area contributed by atoms with Gasteiger partial charge in [0.25, 0.3) is 0 Å². The third-order valence-corrected chi connectivity index (χ3v) is 6.64. The van der Waals surface area contributed by atoms with E-state index in [0.717, 1.165) is 60.9 Å². The molecule has 0 aliphatic carbocycles. The summed E-state index contributed by atoms with van der Waals surface area (Å²) in [5.74, 6) is 1.29. The number of benzene rings is 2. The Labute approximate surface area is 204 Å². The standard InChI is InChI=1S/C26H28ClFN4O2/c1-17-15-32(16-29-17)23-6-5-18(11-25(23)33-2)10-19-4-3-8-31-9-7-24(34-30-26(19)31)20-12-21(27)14-22(28)13-20/h5-6,10-14,16-17,24H,3-4,7-9,15H2,1-2H3/b19-10+/t17?,24-/m1/s1. The van der Waals surface area contributed by atoms with Crippen LogP contribution in [0.4, 0.5) is 10.1 Å². The van der Waals surface area contributed by atoms with Gasteiger partial charge in [-0.15, -0.1) is 0 Å². The van der Waals surface area contributed by atoms with Gasteiger partial charge in [-0.2, -0.15) is 0 Å². The lowest BCUT2D eigenvalue weighted by atomic mass is 9.99. The number of amidine groups is 1. The number of oxime groups is 1. The van der Waals surface area contributed by atoms with Gasteiger partial charge in [0, 0.05) is 31.1 Å². The van der Waals surface area contributed by atoms with E-state index in [0.29, 0.717) is 17.0 Å². The predicted octanol–water partition coefficient (Wildman–Crippen LogP) is 5.68. The van der Waals surface area contributed by atoms with Crippen molar-refractivity contribution in [2.24, 2.45) is 10.1 Å². The zero-order valence-corrected chi connectivity index (χ0v) is 20.1. The lowest BCUT2D eigenvalue weighted by Gasteiger charge is -2.30. The molecule has 5 rings (SSSR count). The minimum Gasteiger partial charge on any atom is -0.495 e. The topological polar surface area (TPSA) is 49.7 Å². The van der Waals surface area contributed by atoms with E-state index in [9.17, 15) is 4.39 Å². The molecule has 2 atom stereocenters. The molecule has 2 aromatic carbocycles. The van der Waals surface area contributed by atoms with Crippen molar-refractivity contribution in [1.82, 2.24) is 4.90 Å². The first-order chi connectivity index (χ1) is 16.5. The van der Waals surface area contributed by atoms with Crippen molar-refractivity contribution in [2.75, 3.05) is 31.6 Å². The maximum atomic E-state index is 13.9. The second kappa shape index (κ2) is 9.66. The number of ether oxygens (including phenoxy) is 1. The third-order valence-electron chi connectivity index (χ3n) is 6.42. The maximum Gasteiger partial charge on any atom is 0.171 e. The minimum atomic E-state index is -0.367. The predicted molar refractivity (Wildman–Crippen MR) is 134 cm³/mol. The van der Waals surface area contributed by atoms with E-state index in [-0.39, 0.29) is 18.0 Å². The number of anilines is 1. The molecule has 1 saturated heterocycles. The lowest BCUT2D eigenvalue weighted by molar-refractivity contribution is 0.0574. The number of piperidine rings is 1. The van der Waals surface area contributed by atoms with Crippen LogP contribution in [0.5, 0.6) is 5.75 Å². The highest BCUT2D eigenvalue weighted by Gasteiger charge is 2.28. The fraction of sp³-hybridized carbons (Fsp3) is 0.385. The Morgan fingerprint density at radius 3 is 2.85 bits per heavy atom. The number of halogens is 2. The molecule has 3 aliphatic rings. The Bertz CT molecular complexity index is 1150. The van der Waals surface area contributed by atoms with Gasteiger partial charge in [0.15, 0.2) is 11.9 Å². The monoisotopic (exact) mass is 482 g/mol. The summed E-state index contributed by atoms with van der Waals surface area (Å²) >= 11 is 6.06. The highest BCUT2D eigenvalue weighted by atomic mass is 35.5. The van der Waals surface area contributed by atoms with Gasteiger partial charge in [0.05, 0.1) is 25.2 Å². The van der Waals surface area contributed by atoms with Gasteiger partial charge in [-0.1, -0.05) is 22.8 Å². The molecular weight excluding hydrogens is 455 g/mol. The second-order valence-corrected chi connectivity index (χ2v) is 9.39. The van der Waals surface area contributed by atoms with E-state index in [1.54, 1.807) is 13.2 Å². The molecule has 2 aromatic rings. The molecule has 0 radical (unpaired) electrons. The largest absolute Gasteiger partial charge is 0.495 e. The summed E-state index contributed by atoms with van der Waals surface area (Å²) in [7, 11) is 1.69. The number of aliphatic imine (C=N–C) groups is 1. The molecule has 0 spiro atoms. The van der Waals surface area contributed by atoms with Crippen molar-refractivity contribution < 1.29 is 14.0 Å². The molecule has 0 saturated carbocycles. The summed E-state index contributed by atoms with van der Waals surface area (Å²) in [6.07, 6.45) is 6.35. The summed E-state index contributed by atoms with van der Waals surface area (Å²) in [5.41, 5.74) is 3.88. The Kier molecular flexibility index (Phi) is 6.46. The summed E-state index contributed by atoms with van der Waals surface area (Å²) < 4.78 is 19.6. The number of hydrogen-bond donors (Lipinski definition) is 0. The molecule has 178 valence electrons. The van der Waals surface area contributed by atoms with Gasteiger partial charge in [0.2, 0.25) is 0 Å². The molecule has 6 nitrogen and oxygen atoms in total. The van der Waals surface area contributed by atoms with Crippen LogP contribution in [0.3, 0.4) is 0 Å². The molecular formula is C26H28ClFN4O2. The van der Waals surface area contributed by atoms with Gasteiger partial charge in [-0.25, -0.2) is 4.39 Å².